The minimum atomic E-state index is -3.26. The van der Waals surface area contributed by atoms with Crippen molar-refractivity contribution in [2.75, 3.05) is 17.4 Å². The van der Waals surface area contributed by atoms with E-state index in [0.717, 1.165) is 17.7 Å². The first kappa shape index (κ1) is 12.4. The first-order chi connectivity index (χ1) is 8.11. The minimum absolute atomic E-state index is 0.202. The van der Waals surface area contributed by atoms with Crippen molar-refractivity contribution >= 4 is 15.7 Å². The fourth-order valence-electron chi connectivity index (χ4n) is 2.27. The Labute approximate surface area is 102 Å². The molecule has 0 saturated carbocycles. The van der Waals surface area contributed by atoms with Crippen molar-refractivity contribution in [2.24, 2.45) is 5.73 Å². The number of hydrogen-bond donors (Lipinski definition) is 1. The summed E-state index contributed by atoms with van der Waals surface area (Å²) in [6.45, 7) is 2.77. The van der Waals surface area contributed by atoms with Gasteiger partial charge in [0.2, 0.25) is 10.0 Å². The molecule has 1 aromatic carbocycles. The van der Waals surface area contributed by atoms with Gasteiger partial charge in [-0.25, -0.2) is 8.42 Å². The highest BCUT2D eigenvalue weighted by atomic mass is 32.2. The Hall–Kier alpha value is -1.07. The summed E-state index contributed by atoms with van der Waals surface area (Å²) >= 11 is 0. The molecule has 0 aliphatic carbocycles. The topological polar surface area (TPSA) is 63.4 Å². The molecule has 0 spiro atoms. The van der Waals surface area contributed by atoms with Crippen LogP contribution in [0.5, 0.6) is 0 Å². The average molecular weight is 254 g/mol. The van der Waals surface area contributed by atoms with E-state index in [1.54, 1.807) is 0 Å². The molecule has 1 atom stereocenters. The zero-order chi connectivity index (χ0) is 12.5. The molecule has 1 aliphatic rings. The molecule has 1 fully saturated rings. The van der Waals surface area contributed by atoms with Crippen molar-refractivity contribution in [2.45, 2.75) is 25.0 Å². The number of hydrogen-bond acceptors (Lipinski definition) is 3. The van der Waals surface area contributed by atoms with Gasteiger partial charge < -0.3 is 5.73 Å². The molecule has 0 radical (unpaired) electrons. The predicted octanol–water partition coefficient (Wildman–Crippen LogP) is 1.12. The first-order valence-corrected chi connectivity index (χ1v) is 7.41. The first-order valence-electron chi connectivity index (χ1n) is 5.90. The van der Waals surface area contributed by atoms with Gasteiger partial charge in [-0.2, -0.15) is 0 Å². The van der Waals surface area contributed by atoms with Crippen LogP contribution < -0.4 is 10.0 Å². The quantitative estimate of drug-likeness (QED) is 0.879. The monoisotopic (exact) mass is 254 g/mol. The van der Waals surface area contributed by atoms with Crippen LogP contribution in [-0.2, 0) is 16.4 Å². The van der Waals surface area contributed by atoms with Gasteiger partial charge >= 0.3 is 0 Å². The molecule has 94 valence electrons. The lowest BCUT2D eigenvalue weighted by Gasteiger charge is -2.21. The summed E-state index contributed by atoms with van der Waals surface area (Å²) in [6.07, 6.45) is 1.45. The molecule has 4 nitrogen and oxygen atoms in total. The van der Waals surface area contributed by atoms with Crippen molar-refractivity contribution in [1.82, 2.24) is 0 Å². The SMILES string of the molecule is CCc1ccccc1N1CC[C@H](CN)S1(=O)=O. The Bertz CT molecular complexity index is 499. The molecule has 1 heterocycles. The number of rotatable bonds is 3. The van der Waals surface area contributed by atoms with Crippen LogP contribution in [0.1, 0.15) is 18.9 Å². The summed E-state index contributed by atoms with van der Waals surface area (Å²) in [5.74, 6) is 0. The zero-order valence-corrected chi connectivity index (χ0v) is 10.8. The third kappa shape index (κ3) is 2.05. The van der Waals surface area contributed by atoms with Gasteiger partial charge in [-0.15, -0.1) is 0 Å². The van der Waals surface area contributed by atoms with Gasteiger partial charge in [0, 0.05) is 13.1 Å². The molecule has 1 aromatic rings. The third-order valence-corrected chi connectivity index (χ3v) is 5.55. The van der Waals surface area contributed by atoms with Crippen molar-refractivity contribution in [3.63, 3.8) is 0 Å². The second-order valence-corrected chi connectivity index (χ2v) is 6.38. The molecular weight excluding hydrogens is 236 g/mol. The van der Waals surface area contributed by atoms with Gasteiger partial charge in [-0.1, -0.05) is 25.1 Å². The lowest BCUT2D eigenvalue weighted by molar-refractivity contribution is 0.588. The molecule has 1 saturated heterocycles. The Morgan fingerprint density at radius 1 is 1.41 bits per heavy atom. The number of nitrogens with two attached hydrogens (primary N) is 1. The highest BCUT2D eigenvalue weighted by Gasteiger charge is 2.38. The lowest BCUT2D eigenvalue weighted by atomic mass is 10.1. The predicted molar refractivity (Wildman–Crippen MR) is 69.5 cm³/mol. The van der Waals surface area contributed by atoms with Gasteiger partial charge in [-0.3, -0.25) is 4.31 Å². The number of nitrogens with zero attached hydrogens (tertiary/aromatic N) is 1. The highest BCUT2D eigenvalue weighted by Crippen LogP contribution is 2.30. The smallest absolute Gasteiger partial charge is 0.239 e. The van der Waals surface area contributed by atoms with Gasteiger partial charge in [0.05, 0.1) is 10.9 Å². The van der Waals surface area contributed by atoms with E-state index < -0.39 is 15.3 Å². The van der Waals surface area contributed by atoms with Crippen LogP contribution >= 0.6 is 0 Å². The van der Waals surface area contributed by atoms with E-state index in [1.807, 2.05) is 31.2 Å². The molecule has 17 heavy (non-hydrogen) atoms. The van der Waals surface area contributed by atoms with E-state index in [0.29, 0.717) is 13.0 Å². The van der Waals surface area contributed by atoms with Crippen LogP contribution in [0.4, 0.5) is 5.69 Å². The maximum absolute atomic E-state index is 12.2. The summed E-state index contributed by atoms with van der Waals surface area (Å²) in [5, 5.41) is -0.424. The van der Waals surface area contributed by atoms with Crippen LogP contribution in [0, 0.1) is 0 Å². The molecule has 2 N–H and O–H groups in total. The van der Waals surface area contributed by atoms with E-state index >= 15 is 0 Å². The van der Waals surface area contributed by atoms with E-state index in [-0.39, 0.29) is 6.54 Å². The second-order valence-electron chi connectivity index (χ2n) is 4.25. The number of para-hydroxylation sites is 1. The fourth-order valence-corrected chi connectivity index (χ4v) is 4.09. The Morgan fingerprint density at radius 2 is 2.12 bits per heavy atom. The van der Waals surface area contributed by atoms with Crippen molar-refractivity contribution in [1.29, 1.82) is 0 Å². The van der Waals surface area contributed by atoms with E-state index in [9.17, 15) is 8.42 Å². The number of sulfonamides is 1. The van der Waals surface area contributed by atoms with E-state index in [1.165, 1.54) is 4.31 Å². The fraction of sp³-hybridized carbons (Fsp3) is 0.500. The van der Waals surface area contributed by atoms with Crippen molar-refractivity contribution in [3.05, 3.63) is 29.8 Å². The standard InChI is InChI=1S/C12H18N2O2S/c1-2-10-5-3-4-6-12(10)14-8-7-11(9-13)17(14,15)16/h3-6,11H,2,7-9,13H2,1H3/t11-/m1/s1. The number of aryl methyl sites for hydroxylation is 1. The maximum Gasteiger partial charge on any atom is 0.239 e. The highest BCUT2D eigenvalue weighted by molar-refractivity contribution is 7.93. The molecule has 2 rings (SSSR count). The summed E-state index contributed by atoms with van der Waals surface area (Å²) in [5.41, 5.74) is 7.39. The van der Waals surface area contributed by atoms with Gasteiger partial charge in [0.25, 0.3) is 0 Å². The molecule has 0 unspecified atom stereocenters. The zero-order valence-electron chi connectivity index (χ0n) is 9.96. The Morgan fingerprint density at radius 3 is 2.71 bits per heavy atom. The minimum Gasteiger partial charge on any atom is -0.329 e. The van der Waals surface area contributed by atoms with Gasteiger partial charge in [-0.05, 0) is 24.5 Å². The summed E-state index contributed by atoms with van der Waals surface area (Å²) in [6, 6.07) is 7.65. The Kier molecular flexibility index (Phi) is 3.40. The Balaban J connectivity index is 2.42. The lowest BCUT2D eigenvalue weighted by Crippen LogP contribution is -2.33. The molecular formula is C12H18N2O2S. The van der Waals surface area contributed by atoms with Crippen LogP contribution in [0.3, 0.4) is 0 Å². The largest absolute Gasteiger partial charge is 0.329 e. The summed E-state index contributed by atoms with van der Waals surface area (Å²) in [4.78, 5) is 0. The second kappa shape index (κ2) is 4.66. The molecule has 5 heteroatoms. The van der Waals surface area contributed by atoms with E-state index in [4.69, 9.17) is 5.73 Å². The van der Waals surface area contributed by atoms with Crippen LogP contribution in [0.2, 0.25) is 0 Å². The summed E-state index contributed by atoms with van der Waals surface area (Å²) in [7, 11) is -3.26. The van der Waals surface area contributed by atoms with E-state index in [2.05, 4.69) is 0 Å². The number of anilines is 1. The molecule has 0 bridgehead atoms. The van der Waals surface area contributed by atoms with Crippen molar-refractivity contribution in [3.8, 4) is 0 Å². The van der Waals surface area contributed by atoms with Crippen molar-refractivity contribution < 1.29 is 8.42 Å². The maximum atomic E-state index is 12.2. The average Bonchev–Trinajstić information content (AvgIpc) is 2.63. The van der Waals surface area contributed by atoms with Crippen LogP contribution in [0.15, 0.2) is 24.3 Å². The van der Waals surface area contributed by atoms with Crippen LogP contribution in [-0.4, -0.2) is 26.8 Å². The summed E-state index contributed by atoms with van der Waals surface area (Å²) < 4.78 is 26.0. The molecule has 1 aliphatic heterocycles. The van der Waals surface area contributed by atoms with Crippen LogP contribution in [0.25, 0.3) is 0 Å². The van der Waals surface area contributed by atoms with Gasteiger partial charge in [0.15, 0.2) is 0 Å². The number of benzene rings is 1. The molecule has 0 aromatic heterocycles. The normalized spacial score (nSPS) is 22.9. The van der Waals surface area contributed by atoms with Gasteiger partial charge in [0.1, 0.15) is 0 Å². The third-order valence-electron chi connectivity index (χ3n) is 3.29. The molecule has 0 amide bonds.